The molecule has 2 aliphatic rings. The lowest BCUT2D eigenvalue weighted by atomic mass is 10.1. The number of hydrogen-bond acceptors (Lipinski definition) is 4. The zero-order valence-electron chi connectivity index (χ0n) is 13.1. The number of aliphatic carboxylic acids is 1. The molecule has 0 radical (unpaired) electrons. The second-order valence-corrected chi connectivity index (χ2v) is 7.02. The second-order valence-electron chi connectivity index (χ2n) is 6.10. The first-order valence-corrected chi connectivity index (χ1v) is 8.54. The van der Waals surface area contributed by atoms with Crippen molar-refractivity contribution < 1.29 is 24.3 Å². The molecule has 1 aromatic rings. The van der Waals surface area contributed by atoms with Gasteiger partial charge < -0.3 is 10.0 Å². The molecule has 0 aromatic heterocycles. The summed E-state index contributed by atoms with van der Waals surface area (Å²) in [7, 11) is 0. The smallest absolute Gasteiger partial charge is 0.308 e. The molecule has 2 atom stereocenters. The van der Waals surface area contributed by atoms with Gasteiger partial charge in [-0.25, -0.2) is 0 Å². The maximum absolute atomic E-state index is 12.4. The van der Waals surface area contributed by atoms with E-state index < -0.39 is 29.6 Å². The normalized spacial score (nSPS) is 23.2. The molecule has 0 bridgehead atoms. The number of halogens is 1. The van der Waals surface area contributed by atoms with Crippen molar-refractivity contribution in [2.45, 2.75) is 12.8 Å². The van der Waals surface area contributed by atoms with E-state index in [0.717, 1.165) is 9.48 Å². The lowest BCUT2D eigenvalue weighted by Crippen LogP contribution is -2.46. The summed E-state index contributed by atoms with van der Waals surface area (Å²) in [6.07, 6.45) is -0.0868. The molecule has 0 spiro atoms. The topological polar surface area (TPSA) is 107 Å². The average molecular weight is 410 g/mol. The maximum atomic E-state index is 12.4. The number of carboxylic acids is 1. The Kier molecular flexibility index (Phi) is 4.76. The summed E-state index contributed by atoms with van der Waals surface area (Å²) in [4.78, 5) is 48.8. The number of carbonyl (C=O) groups is 4. The molecule has 25 heavy (non-hydrogen) atoms. The van der Waals surface area contributed by atoms with Gasteiger partial charge in [-0.1, -0.05) is 15.9 Å². The number of amides is 3. The zero-order chi connectivity index (χ0) is 18.1. The van der Waals surface area contributed by atoms with Gasteiger partial charge >= 0.3 is 5.97 Å². The Bertz CT molecular complexity index is 736. The Labute approximate surface area is 151 Å². The highest BCUT2D eigenvalue weighted by Crippen LogP contribution is 2.27. The SMILES string of the molecule is O=C(O)C1CC(=O)N(NC(=O)C2CC(=O)N(c3ccc(Br)cc3)C2)C1. The van der Waals surface area contributed by atoms with Crippen molar-refractivity contribution in [3.63, 3.8) is 0 Å². The Morgan fingerprint density at radius 3 is 2.28 bits per heavy atom. The van der Waals surface area contributed by atoms with Gasteiger partial charge in [-0.05, 0) is 24.3 Å². The van der Waals surface area contributed by atoms with E-state index in [0.29, 0.717) is 5.69 Å². The van der Waals surface area contributed by atoms with E-state index in [1.165, 1.54) is 4.90 Å². The lowest BCUT2D eigenvalue weighted by molar-refractivity contribution is -0.141. The standard InChI is InChI=1S/C16H16BrN3O5/c17-11-1-3-12(4-2-11)19-7-9(5-13(19)21)15(23)18-20-8-10(16(24)25)6-14(20)22/h1-4,9-10H,5-8H2,(H,18,23)(H,24,25). The summed E-state index contributed by atoms with van der Waals surface area (Å²) in [6, 6.07) is 7.18. The number of nitrogens with one attached hydrogen (secondary N) is 1. The number of carbonyl (C=O) groups excluding carboxylic acids is 3. The van der Waals surface area contributed by atoms with Gasteiger partial charge in [0.25, 0.3) is 0 Å². The fraction of sp³-hybridized carbons (Fsp3) is 0.375. The van der Waals surface area contributed by atoms with E-state index >= 15 is 0 Å². The van der Waals surface area contributed by atoms with Gasteiger partial charge in [-0.15, -0.1) is 0 Å². The summed E-state index contributed by atoms with van der Waals surface area (Å²) in [5, 5.41) is 10.00. The third-order valence-electron chi connectivity index (χ3n) is 4.35. The number of nitrogens with zero attached hydrogens (tertiary/aromatic N) is 2. The van der Waals surface area contributed by atoms with E-state index in [1.807, 2.05) is 12.1 Å². The number of benzene rings is 1. The van der Waals surface area contributed by atoms with Crippen LogP contribution in [0.2, 0.25) is 0 Å². The fourth-order valence-electron chi connectivity index (χ4n) is 2.96. The Morgan fingerprint density at radius 2 is 1.68 bits per heavy atom. The molecule has 1 aromatic carbocycles. The summed E-state index contributed by atoms with van der Waals surface area (Å²) >= 11 is 3.33. The highest BCUT2D eigenvalue weighted by molar-refractivity contribution is 9.10. The monoisotopic (exact) mass is 409 g/mol. The van der Waals surface area contributed by atoms with Crippen LogP contribution in [0.3, 0.4) is 0 Å². The van der Waals surface area contributed by atoms with Crippen LogP contribution in [0.25, 0.3) is 0 Å². The molecule has 2 unspecified atom stereocenters. The summed E-state index contributed by atoms with van der Waals surface area (Å²) in [5.41, 5.74) is 3.15. The van der Waals surface area contributed by atoms with E-state index in [-0.39, 0.29) is 31.8 Å². The number of anilines is 1. The van der Waals surface area contributed by atoms with E-state index in [4.69, 9.17) is 5.11 Å². The zero-order valence-corrected chi connectivity index (χ0v) is 14.7. The number of rotatable bonds is 4. The van der Waals surface area contributed by atoms with Crippen LogP contribution in [0.1, 0.15) is 12.8 Å². The van der Waals surface area contributed by atoms with Crippen molar-refractivity contribution in [2.24, 2.45) is 11.8 Å². The molecule has 2 N–H and O–H groups in total. The third kappa shape index (κ3) is 3.65. The molecule has 3 rings (SSSR count). The fourth-order valence-corrected chi connectivity index (χ4v) is 3.22. The van der Waals surface area contributed by atoms with Crippen LogP contribution in [0.4, 0.5) is 5.69 Å². The summed E-state index contributed by atoms with van der Waals surface area (Å²) in [5.74, 6) is -3.53. The van der Waals surface area contributed by atoms with Crippen molar-refractivity contribution in [2.75, 3.05) is 18.0 Å². The maximum Gasteiger partial charge on any atom is 0.308 e. The summed E-state index contributed by atoms with van der Waals surface area (Å²) in [6.45, 7) is 0.160. The Morgan fingerprint density at radius 1 is 1.04 bits per heavy atom. The Hall–Kier alpha value is -2.42. The molecule has 2 saturated heterocycles. The van der Waals surface area contributed by atoms with Gasteiger partial charge in [0.05, 0.1) is 18.4 Å². The van der Waals surface area contributed by atoms with Crippen molar-refractivity contribution in [1.29, 1.82) is 0 Å². The van der Waals surface area contributed by atoms with Crippen molar-refractivity contribution in [1.82, 2.24) is 10.4 Å². The van der Waals surface area contributed by atoms with Gasteiger partial charge in [0.1, 0.15) is 0 Å². The van der Waals surface area contributed by atoms with Crippen LogP contribution >= 0.6 is 15.9 Å². The lowest BCUT2D eigenvalue weighted by Gasteiger charge is -2.20. The van der Waals surface area contributed by atoms with E-state index in [1.54, 1.807) is 12.1 Å². The van der Waals surface area contributed by atoms with Crippen molar-refractivity contribution in [3.8, 4) is 0 Å². The minimum atomic E-state index is -1.07. The largest absolute Gasteiger partial charge is 0.481 e. The second kappa shape index (κ2) is 6.83. The molecular formula is C16H16BrN3O5. The van der Waals surface area contributed by atoms with Crippen LogP contribution in [-0.2, 0) is 19.2 Å². The van der Waals surface area contributed by atoms with Crippen LogP contribution in [0.5, 0.6) is 0 Å². The van der Waals surface area contributed by atoms with Gasteiger partial charge in [0, 0.05) is 29.5 Å². The van der Waals surface area contributed by atoms with Crippen LogP contribution in [0.15, 0.2) is 28.7 Å². The predicted molar refractivity (Wildman–Crippen MR) is 90.2 cm³/mol. The van der Waals surface area contributed by atoms with E-state index in [2.05, 4.69) is 21.4 Å². The molecule has 2 aliphatic heterocycles. The average Bonchev–Trinajstić information content (AvgIpc) is 3.12. The highest BCUT2D eigenvalue weighted by Gasteiger charge is 2.39. The van der Waals surface area contributed by atoms with Crippen LogP contribution in [-0.4, -0.2) is 46.9 Å². The molecule has 2 fully saturated rings. The third-order valence-corrected chi connectivity index (χ3v) is 4.88. The van der Waals surface area contributed by atoms with Gasteiger partial charge in [-0.2, -0.15) is 0 Å². The van der Waals surface area contributed by atoms with E-state index in [9.17, 15) is 19.2 Å². The Balaban J connectivity index is 1.62. The molecule has 0 saturated carbocycles. The van der Waals surface area contributed by atoms with Crippen molar-refractivity contribution >= 4 is 45.3 Å². The molecule has 0 aliphatic carbocycles. The highest BCUT2D eigenvalue weighted by atomic mass is 79.9. The molecule has 8 nitrogen and oxygen atoms in total. The summed E-state index contributed by atoms with van der Waals surface area (Å²) < 4.78 is 0.887. The molecular weight excluding hydrogens is 394 g/mol. The van der Waals surface area contributed by atoms with Crippen LogP contribution < -0.4 is 10.3 Å². The van der Waals surface area contributed by atoms with Gasteiger partial charge in [-0.3, -0.25) is 29.6 Å². The van der Waals surface area contributed by atoms with Crippen LogP contribution in [0, 0.1) is 11.8 Å². The quantitative estimate of drug-likeness (QED) is 0.763. The first-order valence-electron chi connectivity index (χ1n) is 7.74. The van der Waals surface area contributed by atoms with Gasteiger partial charge in [0.2, 0.25) is 17.7 Å². The predicted octanol–water partition coefficient (Wildman–Crippen LogP) is 0.766. The first kappa shape index (κ1) is 17.4. The number of hydrazine groups is 1. The first-order chi connectivity index (χ1) is 11.8. The molecule has 9 heteroatoms. The molecule has 3 amide bonds. The molecule has 132 valence electrons. The minimum Gasteiger partial charge on any atom is -0.481 e. The minimum absolute atomic E-state index is 0.0479. The number of carboxylic acid groups (broad SMARTS) is 1. The number of hydrogen-bond donors (Lipinski definition) is 2. The molecule has 2 heterocycles. The van der Waals surface area contributed by atoms with Crippen molar-refractivity contribution in [3.05, 3.63) is 28.7 Å². The van der Waals surface area contributed by atoms with Gasteiger partial charge in [0.15, 0.2) is 0 Å².